The monoisotopic (exact) mass is 259 g/mol. The second-order valence-electron chi connectivity index (χ2n) is 4.98. The fraction of sp³-hybridized carbons (Fsp3) is 0.0588. The third kappa shape index (κ3) is 1.60. The van der Waals surface area contributed by atoms with E-state index in [1.54, 1.807) is 0 Å². The molecule has 0 saturated heterocycles. The van der Waals surface area contributed by atoms with Crippen molar-refractivity contribution in [3.63, 3.8) is 0 Å². The minimum absolute atomic E-state index is 1.01. The van der Waals surface area contributed by atoms with E-state index in [2.05, 4.69) is 57.6 Å². The summed E-state index contributed by atoms with van der Waals surface area (Å²) in [5.41, 5.74) is 4.54. The molecule has 2 aromatic carbocycles. The van der Waals surface area contributed by atoms with E-state index in [0.717, 1.165) is 16.6 Å². The standard InChI is InChI=1S/C17H13N3/c1-11-16-9-12(5-6-17(16)20-19-11)14-4-2-3-13-10-18-8-7-15(13)14/h2-10H,1H3,(H,19,20). The van der Waals surface area contributed by atoms with Gasteiger partial charge in [-0.05, 0) is 41.6 Å². The molecule has 0 unspecified atom stereocenters. The molecule has 3 heteroatoms. The van der Waals surface area contributed by atoms with Crippen LogP contribution in [0.2, 0.25) is 0 Å². The van der Waals surface area contributed by atoms with Gasteiger partial charge in [0.2, 0.25) is 0 Å². The van der Waals surface area contributed by atoms with Crippen LogP contribution in [0.4, 0.5) is 0 Å². The van der Waals surface area contributed by atoms with E-state index < -0.39 is 0 Å². The first-order valence-electron chi connectivity index (χ1n) is 6.61. The minimum atomic E-state index is 1.01. The zero-order valence-corrected chi connectivity index (χ0v) is 11.1. The van der Waals surface area contributed by atoms with E-state index in [-0.39, 0.29) is 0 Å². The molecule has 1 N–H and O–H groups in total. The Morgan fingerprint density at radius 1 is 1.00 bits per heavy atom. The van der Waals surface area contributed by atoms with E-state index in [1.165, 1.54) is 21.9 Å². The topological polar surface area (TPSA) is 41.6 Å². The first-order chi connectivity index (χ1) is 9.83. The van der Waals surface area contributed by atoms with Crippen molar-refractivity contribution in [2.45, 2.75) is 6.92 Å². The highest BCUT2D eigenvalue weighted by molar-refractivity contribution is 5.98. The van der Waals surface area contributed by atoms with Crippen LogP contribution in [0.5, 0.6) is 0 Å². The fourth-order valence-electron chi connectivity index (χ4n) is 2.68. The van der Waals surface area contributed by atoms with Gasteiger partial charge in [-0.1, -0.05) is 24.3 Å². The molecular formula is C17H13N3. The Morgan fingerprint density at radius 2 is 1.95 bits per heavy atom. The second-order valence-corrected chi connectivity index (χ2v) is 4.98. The van der Waals surface area contributed by atoms with Gasteiger partial charge in [0.15, 0.2) is 0 Å². The van der Waals surface area contributed by atoms with Crippen molar-refractivity contribution in [1.29, 1.82) is 0 Å². The van der Waals surface area contributed by atoms with Crippen LogP contribution < -0.4 is 0 Å². The van der Waals surface area contributed by atoms with Gasteiger partial charge in [-0.3, -0.25) is 10.1 Å². The maximum Gasteiger partial charge on any atom is 0.0924 e. The number of rotatable bonds is 1. The van der Waals surface area contributed by atoms with E-state index >= 15 is 0 Å². The molecule has 0 fully saturated rings. The van der Waals surface area contributed by atoms with Crippen LogP contribution in [0.25, 0.3) is 32.8 Å². The number of nitrogens with one attached hydrogen (secondary N) is 1. The van der Waals surface area contributed by atoms with Crippen LogP contribution in [0.3, 0.4) is 0 Å². The maximum atomic E-state index is 4.28. The lowest BCUT2D eigenvalue weighted by molar-refractivity contribution is 1.07. The fourth-order valence-corrected chi connectivity index (χ4v) is 2.68. The largest absolute Gasteiger partial charge is 0.282 e. The number of H-pyrrole nitrogens is 1. The molecule has 0 amide bonds. The summed E-state index contributed by atoms with van der Waals surface area (Å²) in [6.45, 7) is 2.05. The SMILES string of the molecule is Cc1[nH]nc2ccc(-c3cccc4cnccc34)cc12. The van der Waals surface area contributed by atoms with E-state index in [1.807, 2.05) is 19.3 Å². The normalized spacial score (nSPS) is 11.2. The van der Waals surface area contributed by atoms with E-state index in [9.17, 15) is 0 Å². The Balaban J connectivity index is 2.03. The Bertz CT molecular complexity index is 916. The Kier molecular flexibility index (Phi) is 2.33. The number of nitrogens with zero attached hydrogens (tertiary/aromatic N) is 2. The molecule has 4 rings (SSSR count). The number of fused-ring (bicyclic) bond motifs is 2. The Morgan fingerprint density at radius 3 is 2.90 bits per heavy atom. The summed E-state index contributed by atoms with van der Waals surface area (Å²) in [6, 6.07) is 14.8. The summed E-state index contributed by atoms with van der Waals surface area (Å²) in [5, 5.41) is 10.9. The minimum Gasteiger partial charge on any atom is -0.282 e. The summed E-state index contributed by atoms with van der Waals surface area (Å²) in [4.78, 5) is 4.19. The lowest BCUT2D eigenvalue weighted by Gasteiger charge is -2.06. The Hall–Kier alpha value is -2.68. The number of benzene rings is 2. The van der Waals surface area contributed by atoms with Crippen molar-refractivity contribution in [3.05, 3.63) is 60.6 Å². The molecule has 0 bridgehead atoms. The van der Waals surface area contributed by atoms with Crippen LogP contribution >= 0.6 is 0 Å². The second kappa shape index (κ2) is 4.17. The lowest BCUT2D eigenvalue weighted by Crippen LogP contribution is -1.83. The van der Waals surface area contributed by atoms with E-state index in [0.29, 0.717) is 0 Å². The molecule has 2 heterocycles. The average molecular weight is 259 g/mol. The van der Waals surface area contributed by atoms with Gasteiger partial charge in [-0.2, -0.15) is 5.10 Å². The highest BCUT2D eigenvalue weighted by atomic mass is 15.1. The van der Waals surface area contributed by atoms with E-state index in [4.69, 9.17) is 0 Å². The molecule has 0 atom stereocenters. The van der Waals surface area contributed by atoms with Gasteiger partial charge in [0.1, 0.15) is 0 Å². The number of aryl methyl sites for hydroxylation is 1. The number of pyridine rings is 1. The van der Waals surface area contributed by atoms with Crippen molar-refractivity contribution in [1.82, 2.24) is 15.2 Å². The summed E-state index contributed by atoms with van der Waals surface area (Å²) < 4.78 is 0. The molecule has 0 radical (unpaired) electrons. The first-order valence-corrected chi connectivity index (χ1v) is 6.61. The molecule has 0 aliphatic heterocycles. The molecule has 0 spiro atoms. The molecule has 0 aliphatic rings. The molecule has 0 saturated carbocycles. The van der Waals surface area contributed by atoms with Crippen LogP contribution in [0.1, 0.15) is 5.69 Å². The van der Waals surface area contributed by atoms with Gasteiger partial charge in [0.25, 0.3) is 0 Å². The van der Waals surface area contributed by atoms with Crippen LogP contribution in [0.15, 0.2) is 54.9 Å². The first kappa shape index (κ1) is 11.2. The van der Waals surface area contributed by atoms with Gasteiger partial charge < -0.3 is 0 Å². The highest BCUT2D eigenvalue weighted by Crippen LogP contribution is 2.30. The number of aromatic amines is 1. The van der Waals surface area contributed by atoms with Crippen molar-refractivity contribution < 1.29 is 0 Å². The predicted octanol–water partition coefficient (Wildman–Crippen LogP) is 4.09. The van der Waals surface area contributed by atoms with Gasteiger partial charge in [-0.25, -0.2) is 0 Å². The van der Waals surface area contributed by atoms with Crippen molar-refractivity contribution >= 4 is 21.7 Å². The average Bonchev–Trinajstić information content (AvgIpc) is 2.88. The summed E-state index contributed by atoms with van der Waals surface area (Å²) >= 11 is 0. The van der Waals surface area contributed by atoms with Crippen molar-refractivity contribution in [3.8, 4) is 11.1 Å². The molecule has 96 valence electrons. The zero-order chi connectivity index (χ0) is 13.5. The van der Waals surface area contributed by atoms with Crippen LogP contribution in [-0.4, -0.2) is 15.2 Å². The van der Waals surface area contributed by atoms with Crippen molar-refractivity contribution in [2.24, 2.45) is 0 Å². The summed E-state index contributed by atoms with van der Waals surface area (Å²) in [7, 11) is 0. The van der Waals surface area contributed by atoms with Gasteiger partial charge in [0, 0.05) is 28.9 Å². The van der Waals surface area contributed by atoms with Crippen molar-refractivity contribution in [2.75, 3.05) is 0 Å². The third-order valence-electron chi connectivity index (χ3n) is 3.74. The van der Waals surface area contributed by atoms with Gasteiger partial charge in [0.05, 0.1) is 5.52 Å². The quantitative estimate of drug-likeness (QED) is 0.559. The number of aromatic nitrogens is 3. The van der Waals surface area contributed by atoms with Crippen LogP contribution in [0, 0.1) is 6.92 Å². The molecule has 20 heavy (non-hydrogen) atoms. The maximum absolute atomic E-state index is 4.28. The number of hydrogen-bond acceptors (Lipinski definition) is 2. The van der Waals surface area contributed by atoms with Gasteiger partial charge in [-0.15, -0.1) is 0 Å². The summed E-state index contributed by atoms with van der Waals surface area (Å²) in [5.74, 6) is 0. The number of hydrogen-bond donors (Lipinski definition) is 1. The Labute approximate surface area is 116 Å². The zero-order valence-electron chi connectivity index (χ0n) is 11.1. The molecule has 4 aromatic rings. The third-order valence-corrected chi connectivity index (χ3v) is 3.74. The predicted molar refractivity (Wildman–Crippen MR) is 81.6 cm³/mol. The summed E-state index contributed by atoms with van der Waals surface area (Å²) in [6.07, 6.45) is 3.74. The van der Waals surface area contributed by atoms with Gasteiger partial charge >= 0.3 is 0 Å². The lowest BCUT2D eigenvalue weighted by atomic mass is 9.98. The molecule has 0 aliphatic carbocycles. The molecular weight excluding hydrogens is 246 g/mol. The molecule has 2 aromatic heterocycles. The highest BCUT2D eigenvalue weighted by Gasteiger charge is 2.07. The molecule has 3 nitrogen and oxygen atoms in total. The smallest absolute Gasteiger partial charge is 0.0924 e. The van der Waals surface area contributed by atoms with Crippen LogP contribution in [-0.2, 0) is 0 Å².